The van der Waals surface area contributed by atoms with Crippen LogP contribution in [0.15, 0.2) is 66.9 Å². The third-order valence-corrected chi connectivity index (χ3v) is 7.35. The number of hydrogen-bond donors (Lipinski definition) is 2. The van der Waals surface area contributed by atoms with E-state index in [-0.39, 0.29) is 30.8 Å². The highest BCUT2D eigenvalue weighted by Crippen LogP contribution is 2.38. The van der Waals surface area contributed by atoms with Crippen LogP contribution in [-0.2, 0) is 22.7 Å². The predicted molar refractivity (Wildman–Crippen MR) is 136 cm³/mol. The molecular weight excluding hydrogens is 454 g/mol. The molecule has 2 atom stereocenters. The number of carbonyl (C=O) groups excluding carboxylic acids is 3. The molecule has 2 heterocycles. The Morgan fingerprint density at radius 1 is 1.08 bits per heavy atom. The van der Waals surface area contributed by atoms with Crippen molar-refractivity contribution in [2.75, 3.05) is 6.54 Å². The number of urea groups is 1. The van der Waals surface area contributed by atoms with Gasteiger partial charge < -0.3 is 10.6 Å². The lowest BCUT2D eigenvalue weighted by atomic mass is 9.73. The van der Waals surface area contributed by atoms with E-state index in [2.05, 4.69) is 10.6 Å². The van der Waals surface area contributed by atoms with Gasteiger partial charge in [-0.15, -0.1) is 0 Å². The Morgan fingerprint density at radius 2 is 1.81 bits per heavy atom. The molecule has 2 fully saturated rings. The molecule has 4 amide bonds. The van der Waals surface area contributed by atoms with E-state index in [0.29, 0.717) is 13.0 Å². The van der Waals surface area contributed by atoms with E-state index in [1.54, 1.807) is 0 Å². The fourth-order valence-corrected chi connectivity index (χ4v) is 5.31. The van der Waals surface area contributed by atoms with Gasteiger partial charge in [-0.05, 0) is 24.3 Å². The molecule has 0 bridgehead atoms. The summed E-state index contributed by atoms with van der Waals surface area (Å²) in [5, 5.41) is 10.6. The molecule has 2 aromatic carbocycles. The summed E-state index contributed by atoms with van der Waals surface area (Å²) >= 11 is 0. The zero-order valence-corrected chi connectivity index (χ0v) is 20.4. The van der Waals surface area contributed by atoms with Crippen molar-refractivity contribution in [3.05, 3.63) is 78.0 Å². The van der Waals surface area contributed by atoms with Crippen LogP contribution >= 0.6 is 0 Å². The molecule has 1 aromatic heterocycles. The van der Waals surface area contributed by atoms with Gasteiger partial charge >= 0.3 is 6.03 Å². The number of hydrogen-bond acceptors (Lipinski definition) is 4. The zero-order valence-electron chi connectivity index (χ0n) is 20.4. The molecule has 36 heavy (non-hydrogen) atoms. The maximum absolute atomic E-state index is 13.2. The van der Waals surface area contributed by atoms with Crippen LogP contribution in [0.3, 0.4) is 0 Å². The van der Waals surface area contributed by atoms with Gasteiger partial charge in [-0.1, -0.05) is 80.4 Å². The summed E-state index contributed by atoms with van der Waals surface area (Å²) in [6, 6.07) is 19.4. The van der Waals surface area contributed by atoms with Gasteiger partial charge in [-0.2, -0.15) is 5.10 Å². The third-order valence-electron chi connectivity index (χ3n) is 7.35. The van der Waals surface area contributed by atoms with Crippen molar-refractivity contribution in [3.63, 3.8) is 0 Å². The summed E-state index contributed by atoms with van der Waals surface area (Å²) < 4.78 is 1.87. The quantitative estimate of drug-likeness (QED) is 0.499. The molecule has 1 saturated carbocycles. The Hall–Kier alpha value is -3.94. The van der Waals surface area contributed by atoms with Crippen LogP contribution < -0.4 is 10.6 Å². The van der Waals surface area contributed by atoms with Crippen LogP contribution in [0.2, 0.25) is 0 Å². The molecule has 0 radical (unpaired) electrons. The minimum atomic E-state index is -0.866. The first-order chi connectivity index (χ1) is 17.5. The molecule has 1 saturated heterocycles. The SMILES string of the molecule is CC1CCCCC12NC(=O)N(CC(=O)NCc1cn(Cc3ccccc3)nc1-c1ccccc1)C2=O. The van der Waals surface area contributed by atoms with Crippen LogP contribution in [0.25, 0.3) is 11.3 Å². The molecule has 2 unspecified atom stereocenters. The molecule has 2 aliphatic rings. The topological polar surface area (TPSA) is 96.3 Å². The number of imide groups is 1. The van der Waals surface area contributed by atoms with Crippen LogP contribution in [0.5, 0.6) is 0 Å². The first-order valence-electron chi connectivity index (χ1n) is 12.5. The lowest BCUT2D eigenvalue weighted by Gasteiger charge is -2.36. The summed E-state index contributed by atoms with van der Waals surface area (Å²) in [5.74, 6) is -0.607. The van der Waals surface area contributed by atoms with Crippen molar-refractivity contribution in [2.24, 2.45) is 5.92 Å². The summed E-state index contributed by atoms with van der Waals surface area (Å²) in [6.07, 6.45) is 5.39. The zero-order chi connectivity index (χ0) is 25.1. The maximum Gasteiger partial charge on any atom is 0.325 e. The van der Waals surface area contributed by atoms with E-state index in [0.717, 1.165) is 46.5 Å². The van der Waals surface area contributed by atoms with Gasteiger partial charge in [0.05, 0.1) is 12.2 Å². The second-order valence-electron chi connectivity index (χ2n) is 9.77. The van der Waals surface area contributed by atoms with Gasteiger partial charge in [0.2, 0.25) is 5.91 Å². The molecule has 8 heteroatoms. The van der Waals surface area contributed by atoms with E-state index in [4.69, 9.17) is 5.10 Å². The minimum absolute atomic E-state index is 0.0552. The van der Waals surface area contributed by atoms with E-state index in [1.165, 1.54) is 0 Å². The molecular formula is C28H31N5O3. The van der Waals surface area contributed by atoms with Crippen LogP contribution in [0, 0.1) is 5.92 Å². The van der Waals surface area contributed by atoms with Crippen molar-refractivity contribution in [3.8, 4) is 11.3 Å². The number of amides is 4. The Bertz CT molecular complexity index is 1260. The Labute approximate surface area is 210 Å². The first-order valence-corrected chi connectivity index (χ1v) is 12.5. The predicted octanol–water partition coefficient (Wildman–Crippen LogP) is 3.72. The van der Waals surface area contributed by atoms with Gasteiger partial charge in [0.1, 0.15) is 12.1 Å². The van der Waals surface area contributed by atoms with Gasteiger partial charge in [0.25, 0.3) is 5.91 Å². The summed E-state index contributed by atoms with van der Waals surface area (Å²) in [6.45, 7) is 2.55. The molecule has 2 N–H and O–H groups in total. The number of nitrogens with zero attached hydrogens (tertiary/aromatic N) is 3. The van der Waals surface area contributed by atoms with E-state index < -0.39 is 11.6 Å². The van der Waals surface area contributed by atoms with Crippen molar-refractivity contribution in [2.45, 2.75) is 51.2 Å². The third kappa shape index (κ3) is 4.63. The lowest BCUT2D eigenvalue weighted by Crippen LogP contribution is -2.54. The van der Waals surface area contributed by atoms with Crippen LogP contribution in [0.1, 0.15) is 43.7 Å². The average Bonchev–Trinajstić information content (AvgIpc) is 3.40. The molecule has 8 nitrogen and oxygen atoms in total. The van der Waals surface area contributed by atoms with Gasteiger partial charge in [-0.25, -0.2) is 4.79 Å². The average molecular weight is 486 g/mol. The van der Waals surface area contributed by atoms with Crippen molar-refractivity contribution in [1.82, 2.24) is 25.3 Å². The molecule has 186 valence electrons. The summed E-state index contributed by atoms with van der Waals surface area (Å²) in [5.41, 5.74) is 2.86. The highest BCUT2D eigenvalue weighted by atomic mass is 16.2. The van der Waals surface area contributed by atoms with Gasteiger partial charge in [0, 0.05) is 23.9 Å². The molecule has 1 aliphatic carbocycles. The fourth-order valence-electron chi connectivity index (χ4n) is 5.31. The Morgan fingerprint density at radius 3 is 2.53 bits per heavy atom. The van der Waals surface area contributed by atoms with E-state index in [9.17, 15) is 14.4 Å². The largest absolute Gasteiger partial charge is 0.350 e. The van der Waals surface area contributed by atoms with Crippen molar-refractivity contribution >= 4 is 17.8 Å². The van der Waals surface area contributed by atoms with Crippen LogP contribution in [-0.4, -0.2) is 44.6 Å². The Kier molecular flexibility index (Phi) is 6.59. The number of carbonyl (C=O) groups is 3. The summed E-state index contributed by atoms with van der Waals surface area (Å²) in [4.78, 5) is 39.7. The van der Waals surface area contributed by atoms with E-state index in [1.807, 2.05) is 78.5 Å². The monoisotopic (exact) mass is 485 g/mol. The molecule has 1 aliphatic heterocycles. The maximum atomic E-state index is 13.2. The molecule has 1 spiro atoms. The first kappa shape index (κ1) is 23.8. The molecule has 5 rings (SSSR count). The highest BCUT2D eigenvalue weighted by Gasteiger charge is 2.55. The number of nitrogens with one attached hydrogen (secondary N) is 2. The highest BCUT2D eigenvalue weighted by molar-refractivity contribution is 6.09. The summed E-state index contributed by atoms with van der Waals surface area (Å²) in [7, 11) is 0. The number of benzene rings is 2. The minimum Gasteiger partial charge on any atom is -0.350 e. The Balaban J connectivity index is 1.29. The lowest BCUT2D eigenvalue weighted by molar-refractivity contribution is -0.137. The number of aromatic nitrogens is 2. The van der Waals surface area contributed by atoms with Crippen molar-refractivity contribution in [1.29, 1.82) is 0 Å². The van der Waals surface area contributed by atoms with Gasteiger partial charge in [-0.3, -0.25) is 19.2 Å². The normalized spacial score (nSPS) is 21.6. The fraction of sp³-hybridized carbons (Fsp3) is 0.357. The standard InChI is InChI=1S/C28H31N5O3/c1-20-10-8-9-15-28(20)26(35)33(27(36)30-28)19-24(34)29-16-23-18-32(17-21-11-4-2-5-12-21)31-25(23)22-13-6-3-7-14-22/h2-7,11-14,18,20H,8-10,15-17,19H2,1H3,(H,29,34)(H,30,36). The number of rotatable bonds is 7. The van der Waals surface area contributed by atoms with Crippen molar-refractivity contribution < 1.29 is 14.4 Å². The van der Waals surface area contributed by atoms with E-state index >= 15 is 0 Å². The molecule has 3 aromatic rings. The smallest absolute Gasteiger partial charge is 0.325 e. The van der Waals surface area contributed by atoms with Crippen LogP contribution in [0.4, 0.5) is 4.79 Å². The second-order valence-corrected chi connectivity index (χ2v) is 9.77. The second kappa shape index (κ2) is 9.97. The van der Waals surface area contributed by atoms with Gasteiger partial charge in [0.15, 0.2) is 0 Å².